The lowest BCUT2D eigenvalue weighted by Crippen LogP contribution is -2.02. The maximum atomic E-state index is 11.7. The van der Waals surface area contributed by atoms with E-state index in [1.807, 2.05) is 32.0 Å². The van der Waals surface area contributed by atoms with E-state index >= 15 is 0 Å². The normalized spacial score (nSPS) is 11.0. The molecule has 0 aliphatic rings. The number of fused-ring (bicyclic) bond motifs is 1. The van der Waals surface area contributed by atoms with Gasteiger partial charge in [-0.25, -0.2) is 4.79 Å². The second-order valence-electron chi connectivity index (χ2n) is 5.55. The van der Waals surface area contributed by atoms with E-state index in [0.29, 0.717) is 28.0 Å². The van der Waals surface area contributed by atoms with E-state index < -0.39 is 0 Å². The third-order valence-corrected chi connectivity index (χ3v) is 4.70. The minimum Gasteiger partial charge on any atom is -0.488 e. The molecule has 0 saturated heterocycles. The largest absolute Gasteiger partial charge is 0.488 e. The maximum absolute atomic E-state index is 11.7. The van der Waals surface area contributed by atoms with Gasteiger partial charge < -0.3 is 9.15 Å². The number of halogens is 2. The molecular formula is C19H16Cl2O3. The molecule has 5 heteroatoms. The van der Waals surface area contributed by atoms with Crippen LogP contribution in [0, 0.1) is 6.92 Å². The predicted octanol–water partition coefficient (Wildman–Crippen LogP) is 5.55. The highest BCUT2D eigenvalue weighted by Gasteiger charge is 2.11. The Hall–Kier alpha value is -1.97. The third-order valence-electron chi connectivity index (χ3n) is 3.96. The summed E-state index contributed by atoms with van der Waals surface area (Å²) in [6.45, 7) is 4.24. The molecule has 0 aliphatic heterocycles. The van der Waals surface area contributed by atoms with Crippen LogP contribution in [0.4, 0.5) is 0 Å². The van der Waals surface area contributed by atoms with Gasteiger partial charge in [0.2, 0.25) is 0 Å². The van der Waals surface area contributed by atoms with Crippen molar-refractivity contribution in [1.82, 2.24) is 0 Å². The van der Waals surface area contributed by atoms with Crippen LogP contribution >= 0.6 is 23.2 Å². The number of benzene rings is 2. The molecule has 1 heterocycles. The van der Waals surface area contributed by atoms with E-state index in [0.717, 1.165) is 28.5 Å². The van der Waals surface area contributed by atoms with Crippen molar-refractivity contribution in [3.63, 3.8) is 0 Å². The van der Waals surface area contributed by atoms with Gasteiger partial charge in [-0.05, 0) is 48.7 Å². The van der Waals surface area contributed by atoms with Crippen molar-refractivity contribution in [2.75, 3.05) is 0 Å². The van der Waals surface area contributed by atoms with Crippen LogP contribution in [0.1, 0.15) is 23.6 Å². The van der Waals surface area contributed by atoms with Crippen molar-refractivity contribution in [2.24, 2.45) is 0 Å². The van der Waals surface area contributed by atoms with Crippen molar-refractivity contribution in [2.45, 2.75) is 26.9 Å². The highest BCUT2D eigenvalue weighted by molar-refractivity contribution is 6.42. The number of aryl methyl sites for hydroxylation is 2. The van der Waals surface area contributed by atoms with Crippen molar-refractivity contribution < 1.29 is 9.15 Å². The monoisotopic (exact) mass is 362 g/mol. The quantitative estimate of drug-likeness (QED) is 0.571. The van der Waals surface area contributed by atoms with Gasteiger partial charge in [0.05, 0.1) is 10.0 Å². The van der Waals surface area contributed by atoms with E-state index in [1.165, 1.54) is 6.07 Å². The third kappa shape index (κ3) is 3.28. The molecule has 3 rings (SSSR count). The first-order valence-corrected chi connectivity index (χ1v) is 8.38. The molecule has 24 heavy (non-hydrogen) atoms. The van der Waals surface area contributed by atoms with Crippen molar-refractivity contribution in [3.8, 4) is 5.75 Å². The molecule has 0 radical (unpaired) electrons. The molecule has 2 aromatic carbocycles. The van der Waals surface area contributed by atoms with Gasteiger partial charge in [-0.2, -0.15) is 0 Å². The van der Waals surface area contributed by atoms with E-state index in [4.69, 9.17) is 32.4 Å². The average molecular weight is 363 g/mol. The second-order valence-corrected chi connectivity index (χ2v) is 6.36. The summed E-state index contributed by atoms with van der Waals surface area (Å²) in [5.41, 5.74) is 2.92. The van der Waals surface area contributed by atoms with E-state index in [1.54, 1.807) is 12.1 Å². The predicted molar refractivity (Wildman–Crippen MR) is 97.4 cm³/mol. The van der Waals surface area contributed by atoms with Gasteiger partial charge >= 0.3 is 5.63 Å². The first-order chi connectivity index (χ1) is 11.5. The Bertz CT molecular complexity index is 961. The van der Waals surface area contributed by atoms with Gasteiger partial charge in [0.25, 0.3) is 0 Å². The van der Waals surface area contributed by atoms with E-state index in [2.05, 4.69) is 0 Å². The molecule has 0 saturated carbocycles. The minimum atomic E-state index is -0.343. The number of ether oxygens (including phenoxy) is 1. The van der Waals surface area contributed by atoms with Gasteiger partial charge in [0.15, 0.2) is 0 Å². The van der Waals surface area contributed by atoms with Gasteiger partial charge in [0.1, 0.15) is 17.9 Å². The van der Waals surface area contributed by atoms with Crippen LogP contribution in [-0.4, -0.2) is 0 Å². The van der Waals surface area contributed by atoms with Crippen LogP contribution in [0.2, 0.25) is 10.0 Å². The summed E-state index contributed by atoms with van der Waals surface area (Å²) in [6.07, 6.45) is 0.769. The summed E-state index contributed by atoms with van der Waals surface area (Å²) in [7, 11) is 0. The molecule has 1 aromatic heterocycles. The Morgan fingerprint density at radius 1 is 1.08 bits per heavy atom. The molecule has 0 spiro atoms. The van der Waals surface area contributed by atoms with Gasteiger partial charge in [-0.1, -0.05) is 36.2 Å². The fraction of sp³-hybridized carbons (Fsp3) is 0.211. The topological polar surface area (TPSA) is 39.4 Å². The summed E-state index contributed by atoms with van der Waals surface area (Å²) in [6, 6.07) is 10.7. The number of hydrogen-bond donors (Lipinski definition) is 0. The highest BCUT2D eigenvalue weighted by atomic mass is 35.5. The SMILES string of the molecule is CCc1cc(=O)oc2c(C)c(OCc3ccc(Cl)c(Cl)c3)ccc12. The Labute approximate surface area is 149 Å². The standard InChI is InChI=1S/C19H16Cl2O3/c1-3-13-9-18(22)24-19-11(2)17(7-5-14(13)19)23-10-12-4-6-15(20)16(21)8-12/h4-9H,3,10H2,1-2H3. The fourth-order valence-corrected chi connectivity index (χ4v) is 2.97. The molecular weight excluding hydrogens is 347 g/mol. The van der Waals surface area contributed by atoms with Crippen LogP contribution in [0.15, 0.2) is 45.6 Å². The molecule has 3 aromatic rings. The molecule has 0 atom stereocenters. The van der Waals surface area contributed by atoms with Crippen LogP contribution in [0.3, 0.4) is 0 Å². The zero-order valence-electron chi connectivity index (χ0n) is 13.4. The second kappa shape index (κ2) is 6.88. The van der Waals surface area contributed by atoms with Gasteiger partial charge in [0, 0.05) is 17.0 Å². The van der Waals surface area contributed by atoms with Gasteiger partial charge in [-0.3, -0.25) is 0 Å². The number of hydrogen-bond acceptors (Lipinski definition) is 3. The Kier molecular flexibility index (Phi) is 4.83. The zero-order chi connectivity index (χ0) is 17.3. The van der Waals surface area contributed by atoms with Crippen molar-refractivity contribution in [3.05, 3.63) is 73.6 Å². The molecule has 3 nitrogen and oxygen atoms in total. The minimum absolute atomic E-state index is 0.343. The molecule has 0 aliphatic carbocycles. The summed E-state index contributed by atoms with van der Waals surface area (Å²) >= 11 is 11.9. The summed E-state index contributed by atoms with van der Waals surface area (Å²) in [5.74, 6) is 0.671. The van der Waals surface area contributed by atoms with Crippen LogP contribution in [0.25, 0.3) is 11.0 Å². The molecule has 0 fully saturated rings. The van der Waals surface area contributed by atoms with Gasteiger partial charge in [-0.15, -0.1) is 0 Å². The fourth-order valence-electron chi connectivity index (χ4n) is 2.65. The molecule has 0 bridgehead atoms. The summed E-state index contributed by atoms with van der Waals surface area (Å²) < 4.78 is 11.3. The average Bonchev–Trinajstić information content (AvgIpc) is 2.57. The Morgan fingerprint density at radius 3 is 2.58 bits per heavy atom. The highest BCUT2D eigenvalue weighted by Crippen LogP contribution is 2.30. The van der Waals surface area contributed by atoms with Crippen LogP contribution in [-0.2, 0) is 13.0 Å². The first-order valence-electron chi connectivity index (χ1n) is 7.62. The Balaban J connectivity index is 1.94. The molecule has 0 amide bonds. The van der Waals surface area contributed by atoms with Crippen LogP contribution < -0.4 is 10.4 Å². The molecule has 0 unspecified atom stereocenters. The van der Waals surface area contributed by atoms with Crippen LogP contribution in [0.5, 0.6) is 5.75 Å². The lowest BCUT2D eigenvalue weighted by molar-refractivity contribution is 0.304. The number of rotatable bonds is 4. The molecule has 124 valence electrons. The first kappa shape index (κ1) is 16.9. The van der Waals surface area contributed by atoms with Crippen molar-refractivity contribution >= 4 is 34.2 Å². The van der Waals surface area contributed by atoms with E-state index in [9.17, 15) is 4.79 Å². The van der Waals surface area contributed by atoms with E-state index in [-0.39, 0.29) is 5.63 Å². The lowest BCUT2D eigenvalue weighted by atomic mass is 10.0. The summed E-state index contributed by atoms with van der Waals surface area (Å²) in [5, 5.41) is 1.94. The smallest absolute Gasteiger partial charge is 0.336 e. The zero-order valence-corrected chi connectivity index (χ0v) is 14.9. The molecule has 0 N–H and O–H groups in total. The summed E-state index contributed by atoms with van der Waals surface area (Å²) in [4.78, 5) is 11.7. The maximum Gasteiger partial charge on any atom is 0.336 e. The lowest BCUT2D eigenvalue weighted by Gasteiger charge is -2.12. The van der Waals surface area contributed by atoms with Crippen molar-refractivity contribution in [1.29, 1.82) is 0 Å². The Morgan fingerprint density at radius 2 is 1.88 bits per heavy atom.